The molecule has 0 fully saturated rings. The van der Waals surface area contributed by atoms with Crippen molar-refractivity contribution in [3.63, 3.8) is 0 Å². The molecule has 0 N–H and O–H groups in total. The molecule has 0 saturated heterocycles. The first-order chi connectivity index (χ1) is 9.45. The second-order valence-electron chi connectivity index (χ2n) is 3.86. The van der Waals surface area contributed by atoms with E-state index in [4.69, 9.17) is 9.47 Å². The molecule has 0 spiro atoms. The lowest BCUT2D eigenvalue weighted by Crippen LogP contribution is -2.03. The second kappa shape index (κ2) is 8.11. The molecule has 2 rings (SSSR count). The van der Waals surface area contributed by atoms with Crippen molar-refractivity contribution in [1.29, 1.82) is 0 Å². The van der Waals surface area contributed by atoms with E-state index in [1.165, 1.54) is 0 Å². The fourth-order valence-corrected chi connectivity index (χ4v) is 1.47. The molecule has 0 bridgehead atoms. The highest BCUT2D eigenvalue weighted by Gasteiger charge is 1.93. The third kappa shape index (κ3) is 5.40. The van der Waals surface area contributed by atoms with Gasteiger partial charge in [-0.1, -0.05) is 30.0 Å². The van der Waals surface area contributed by atoms with Crippen LogP contribution < -0.4 is 0 Å². The average Bonchev–Trinajstić information content (AvgIpc) is 2.43. The van der Waals surface area contributed by atoms with E-state index in [0.717, 1.165) is 12.1 Å². The Morgan fingerprint density at radius 1 is 0.895 bits per heavy atom. The summed E-state index contributed by atoms with van der Waals surface area (Å²) in [6.07, 6.45) is 0.869. The maximum Gasteiger partial charge on any atom is 0.164 e. The zero-order chi connectivity index (χ0) is 13.2. The van der Waals surface area contributed by atoms with Gasteiger partial charge in [0.15, 0.2) is 5.71 Å². The van der Waals surface area contributed by atoms with Crippen LogP contribution in [0.1, 0.15) is 6.42 Å². The topological polar surface area (TPSA) is 30.8 Å². The number of ether oxygens (including phenoxy) is 2. The third-order valence-corrected chi connectivity index (χ3v) is 2.34. The first-order valence-corrected chi connectivity index (χ1v) is 6.22. The first-order valence-electron chi connectivity index (χ1n) is 6.22. The minimum Gasteiger partial charge on any atom is -0.369 e. The summed E-state index contributed by atoms with van der Waals surface area (Å²) in [6, 6.07) is 9.65. The van der Waals surface area contributed by atoms with E-state index in [1.54, 1.807) is 0 Å². The van der Waals surface area contributed by atoms with Crippen LogP contribution in [-0.2, 0) is 9.47 Å². The molecule has 1 aromatic carbocycles. The minimum absolute atomic E-state index is 0.398. The number of hydrogen-bond acceptors (Lipinski definition) is 3. The van der Waals surface area contributed by atoms with Gasteiger partial charge < -0.3 is 9.47 Å². The molecular formula is C16H15NO2. The number of benzene rings is 1. The molecule has 3 heteroatoms. The van der Waals surface area contributed by atoms with E-state index in [9.17, 15) is 0 Å². The van der Waals surface area contributed by atoms with E-state index in [-0.39, 0.29) is 0 Å². The lowest BCUT2D eigenvalue weighted by Gasteiger charge is -2.01. The zero-order valence-corrected chi connectivity index (χ0v) is 10.7. The second-order valence-corrected chi connectivity index (χ2v) is 3.86. The van der Waals surface area contributed by atoms with Crippen LogP contribution in [-0.4, -0.2) is 32.1 Å². The Labute approximate surface area is 113 Å². The van der Waals surface area contributed by atoms with Crippen LogP contribution in [0.2, 0.25) is 0 Å². The van der Waals surface area contributed by atoms with Crippen molar-refractivity contribution in [2.24, 2.45) is 4.99 Å². The molecule has 1 aliphatic heterocycles. The lowest BCUT2D eigenvalue weighted by atomic mass is 10.3. The van der Waals surface area contributed by atoms with Crippen molar-refractivity contribution in [1.82, 2.24) is 0 Å². The van der Waals surface area contributed by atoms with Crippen LogP contribution in [0.4, 0.5) is 5.69 Å². The summed E-state index contributed by atoms with van der Waals surface area (Å²) in [5, 5.41) is 0. The van der Waals surface area contributed by atoms with Crippen molar-refractivity contribution in [2.75, 3.05) is 26.4 Å². The fourth-order valence-electron chi connectivity index (χ4n) is 1.47. The van der Waals surface area contributed by atoms with Crippen LogP contribution in [0, 0.1) is 23.7 Å². The SMILES string of the molecule is C1#CC(=Nc2ccccc2)C#CCOCCCOC1. The van der Waals surface area contributed by atoms with Gasteiger partial charge in [-0.05, 0) is 30.4 Å². The van der Waals surface area contributed by atoms with Gasteiger partial charge in [0, 0.05) is 0 Å². The molecule has 1 aliphatic rings. The predicted molar refractivity (Wildman–Crippen MR) is 75.3 cm³/mol. The Balaban J connectivity index is 2.15. The number of aliphatic imine (C=N–C) groups is 1. The molecule has 0 aliphatic carbocycles. The van der Waals surface area contributed by atoms with Gasteiger partial charge in [-0.3, -0.25) is 0 Å². The van der Waals surface area contributed by atoms with Gasteiger partial charge in [-0.25, -0.2) is 4.99 Å². The van der Waals surface area contributed by atoms with E-state index in [0.29, 0.717) is 32.1 Å². The Morgan fingerprint density at radius 2 is 1.53 bits per heavy atom. The summed E-state index contributed by atoms with van der Waals surface area (Å²) in [5.41, 5.74) is 1.38. The van der Waals surface area contributed by atoms with Gasteiger partial charge in [-0.2, -0.15) is 0 Å². The molecule has 3 nitrogen and oxygen atoms in total. The molecule has 96 valence electrons. The van der Waals surface area contributed by atoms with Crippen LogP contribution in [0.15, 0.2) is 35.3 Å². The molecule has 0 radical (unpaired) electrons. The minimum atomic E-state index is 0.398. The molecule has 19 heavy (non-hydrogen) atoms. The highest BCUT2D eigenvalue weighted by atomic mass is 16.5. The fraction of sp³-hybridized carbons (Fsp3) is 0.312. The summed E-state index contributed by atoms with van der Waals surface area (Å²) in [7, 11) is 0. The van der Waals surface area contributed by atoms with E-state index in [1.807, 2.05) is 30.3 Å². The van der Waals surface area contributed by atoms with E-state index in [2.05, 4.69) is 28.7 Å². The maximum absolute atomic E-state index is 5.35. The highest BCUT2D eigenvalue weighted by Crippen LogP contribution is 2.09. The van der Waals surface area contributed by atoms with Crippen LogP contribution in [0.25, 0.3) is 0 Å². The van der Waals surface area contributed by atoms with Gasteiger partial charge in [0.2, 0.25) is 0 Å². The molecule has 0 atom stereocenters. The van der Waals surface area contributed by atoms with Crippen molar-refractivity contribution in [2.45, 2.75) is 6.42 Å². The standard InChI is InChI=1S/C16H15NO2/c1-2-7-15(8-3-1)17-16-9-4-11-18-13-6-14-19-12-5-10-16/h1-3,7-8H,6,11-14H2. The van der Waals surface area contributed by atoms with E-state index >= 15 is 0 Å². The quantitative estimate of drug-likeness (QED) is 0.718. The van der Waals surface area contributed by atoms with Crippen molar-refractivity contribution in [3.05, 3.63) is 30.3 Å². The molecule has 0 aromatic heterocycles. The summed E-state index contributed by atoms with van der Waals surface area (Å²) in [5.74, 6) is 11.7. The molecule has 0 saturated carbocycles. The first kappa shape index (κ1) is 13.4. The smallest absolute Gasteiger partial charge is 0.164 e. The van der Waals surface area contributed by atoms with Gasteiger partial charge in [0.25, 0.3) is 0 Å². The summed E-state index contributed by atoms with van der Waals surface area (Å²) < 4.78 is 10.7. The van der Waals surface area contributed by atoms with E-state index < -0.39 is 0 Å². The van der Waals surface area contributed by atoms with Crippen LogP contribution in [0.3, 0.4) is 0 Å². The molecule has 1 aromatic rings. The summed E-state index contributed by atoms with van der Waals surface area (Å²) in [4.78, 5) is 4.40. The Kier molecular flexibility index (Phi) is 5.70. The van der Waals surface area contributed by atoms with Gasteiger partial charge >= 0.3 is 0 Å². The predicted octanol–water partition coefficient (Wildman–Crippen LogP) is 2.20. The van der Waals surface area contributed by atoms with Gasteiger partial charge in [0.05, 0.1) is 18.9 Å². The van der Waals surface area contributed by atoms with Crippen LogP contribution >= 0.6 is 0 Å². The highest BCUT2D eigenvalue weighted by molar-refractivity contribution is 6.14. The third-order valence-electron chi connectivity index (χ3n) is 2.34. The Bertz CT molecular complexity index is 513. The Morgan fingerprint density at radius 3 is 2.16 bits per heavy atom. The Hall–Kier alpha value is -2.07. The monoisotopic (exact) mass is 253 g/mol. The van der Waals surface area contributed by atoms with Crippen LogP contribution in [0.5, 0.6) is 0 Å². The number of para-hydroxylation sites is 1. The average molecular weight is 253 g/mol. The molecule has 1 heterocycles. The number of hydrogen-bond donors (Lipinski definition) is 0. The summed E-state index contributed by atoms with van der Waals surface area (Å²) >= 11 is 0. The summed E-state index contributed by atoms with van der Waals surface area (Å²) in [6.45, 7) is 2.12. The zero-order valence-electron chi connectivity index (χ0n) is 10.7. The molecule has 0 amide bonds. The molecular weight excluding hydrogens is 238 g/mol. The van der Waals surface area contributed by atoms with Gasteiger partial charge in [0.1, 0.15) is 13.2 Å². The number of nitrogens with zero attached hydrogens (tertiary/aromatic N) is 1. The van der Waals surface area contributed by atoms with Gasteiger partial charge in [-0.15, -0.1) is 0 Å². The normalized spacial score (nSPS) is 15.9. The molecule has 0 unspecified atom stereocenters. The van der Waals surface area contributed by atoms with Crippen molar-refractivity contribution >= 4 is 11.4 Å². The van der Waals surface area contributed by atoms with Crippen molar-refractivity contribution in [3.8, 4) is 23.7 Å². The maximum atomic E-state index is 5.35. The lowest BCUT2D eigenvalue weighted by molar-refractivity contribution is 0.111. The largest absolute Gasteiger partial charge is 0.369 e. The van der Waals surface area contributed by atoms with Crippen molar-refractivity contribution < 1.29 is 9.47 Å². The number of rotatable bonds is 1.